The fraction of sp³-hybridized carbons (Fsp3) is 0.286. The summed E-state index contributed by atoms with van der Waals surface area (Å²) in [5, 5.41) is 29.8. The van der Waals surface area contributed by atoms with E-state index >= 15 is 0 Å². The van der Waals surface area contributed by atoms with Gasteiger partial charge in [-0.1, -0.05) is 31.9 Å². The number of aromatic nitrogens is 1. The van der Waals surface area contributed by atoms with Crippen LogP contribution in [-0.4, -0.2) is 64.7 Å². The predicted octanol–water partition coefficient (Wildman–Crippen LogP) is 1.40. The highest BCUT2D eigenvalue weighted by atomic mass is 79.9. The van der Waals surface area contributed by atoms with Crippen LogP contribution in [0.25, 0.3) is 0 Å². The zero-order chi connectivity index (χ0) is 24.7. The van der Waals surface area contributed by atoms with Crippen molar-refractivity contribution in [2.24, 2.45) is 4.99 Å². The first-order valence-corrected chi connectivity index (χ1v) is 11.7. The van der Waals surface area contributed by atoms with Crippen molar-refractivity contribution in [3.63, 3.8) is 0 Å². The van der Waals surface area contributed by atoms with Gasteiger partial charge < -0.3 is 31.5 Å². The molecule has 0 saturated carbocycles. The third-order valence-electron chi connectivity index (χ3n) is 4.64. The Hall–Kier alpha value is -3.03. The van der Waals surface area contributed by atoms with Crippen molar-refractivity contribution in [3.8, 4) is 0 Å². The molecule has 6 N–H and O–H groups in total. The van der Waals surface area contributed by atoms with Crippen molar-refractivity contribution in [1.29, 1.82) is 0 Å². The standard InChI is InChI=1S/C21H22Br2N6O5/c22-13-1-11(2-14(23)4-13)17(5-19(32)33)29-18(31)10-25-20(34)12-3-15(7-24-6-12)28-21-26-8-16(30)9-27-21/h1-4,6-7,16-17,30H,5,8-10H2,(H,25,34)(H,29,31)(H,32,33)(H2,26,27,28)/t17-/m0/s1. The molecular weight excluding hydrogens is 576 g/mol. The van der Waals surface area contributed by atoms with Crippen molar-refractivity contribution >= 4 is 61.3 Å². The number of guanidine groups is 1. The van der Waals surface area contributed by atoms with Gasteiger partial charge in [-0.25, -0.2) is 0 Å². The molecule has 1 unspecified atom stereocenters. The van der Waals surface area contributed by atoms with Gasteiger partial charge in [0.15, 0.2) is 5.96 Å². The lowest BCUT2D eigenvalue weighted by atomic mass is 10.0. The van der Waals surface area contributed by atoms with Crippen LogP contribution >= 0.6 is 31.9 Å². The first-order valence-electron chi connectivity index (χ1n) is 10.1. The van der Waals surface area contributed by atoms with Crippen LogP contribution in [0.1, 0.15) is 28.4 Å². The molecule has 0 spiro atoms. The minimum atomic E-state index is -1.08. The van der Waals surface area contributed by atoms with Gasteiger partial charge in [0.1, 0.15) is 0 Å². The fourth-order valence-corrected chi connectivity index (χ4v) is 4.42. The summed E-state index contributed by atoms with van der Waals surface area (Å²) in [6.07, 6.45) is 1.98. The number of benzene rings is 1. The number of halogens is 2. The van der Waals surface area contributed by atoms with Crippen molar-refractivity contribution < 1.29 is 24.6 Å². The highest BCUT2D eigenvalue weighted by molar-refractivity contribution is 9.11. The molecule has 11 nitrogen and oxygen atoms in total. The number of aliphatic carboxylic acids is 1. The van der Waals surface area contributed by atoms with Crippen molar-refractivity contribution in [2.45, 2.75) is 18.6 Å². The third kappa shape index (κ3) is 7.78. The van der Waals surface area contributed by atoms with Gasteiger partial charge >= 0.3 is 5.97 Å². The van der Waals surface area contributed by atoms with Crippen LogP contribution in [0.15, 0.2) is 50.6 Å². The van der Waals surface area contributed by atoms with E-state index < -0.39 is 29.9 Å². The second-order valence-electron chi connectivity index (χ2n) is 7.41. The van der Waals surface area contributed by atoms with E-state index in [1.165, 1.54) is 12.4 Å². The lowest BCUT2D eigenvalue weighted by molar-refractivity contribution is -0.137. The minimum Gasteiger partial charge on any atom is -0.481 e. The van der Waals surface area contributed by atoms with Crippen molar-refractivity contribution in [1.82, 2.24) is 20.9 Å². The second-order valence-corrected chi connectivity index (χ2v) is 9.25. The van der Waals surface area contributed by atoms with Crippen LogP contribution in [0, 0.1) is 0 Å². The van der Waals surface area contributed by atoms with E-state index in [1.54, 1.807) is 24.3 Å². The maximum absolute atomic E-state index is 12.5. The van der Waals surface area contributed by atoms with E-state index in [0.29, 0.717) is 23.8 Å². The number of amides is 2. The fourth-order valence-electron chi connectivity index (χ4n) is 3.10. The number of aliphatic hydroxyl groups is 1. The summed E-state index contributed by atoms with van der Waals surface area (Å²) in [6, 6.07) is 5.98. The molecule has 1 aliphatic heterocycles. The Morgan fingerprint density at radius 1 is 1.15 bits per heavy atom. The molecule has 0 aliphatic carbocycles. The van der Waals surface area contributed by atoms with Crippen LogP contribution < -0.4 is 21.3 Å². The van der Waals surface area contributed by atoms with Gasteiger partial charge in [-0.3, -0.25) is 24.4 Å². The van der Waals surface area contributed by atoms with Crippen molar-refractivity contribution in [3.05, 3.63) is 56.7 Å². The number of carboxylic acid groups (broad SMARTS) is 1. The van der Waals surface area contributed by atoms with E-state index in [4.69, 9.17) is 0 Å². The third-order valence-corrected chi connectivity index (χ3v) is 5.55. The number of carbonyl (C=O) groups is 3. The van der Waals surface area contributed by atoms with E-state index in [0.717, 1.165) is 8.95 Å². The average Bonchev–Trinajstić information content (AvgIpc) is 2.78. The van der Waals surface area contributed by atoms with Gasteiger partial charge in [0, 0.05) is 21.7 Å². The largest absolute Gasteiger partial charge is 0.481 e. The first kappa shape index (κ1) is 25.6. The number of hydrogen-bond acceptors (Lipinski definition) is 8. The monoisotopic (exact) mass is 596 g/mol. The summed E-state index contributed by atoms with van der Waals surface area (Å²) >= 11 is 6.70. The zero-order valence-electron chi connectivity index (χ0n) is 17.7. The van der Waals surface area contributed by atoms with Crippen LogP contribution in [0.2, 0.25) is 0 Å². The Morgan fingerprint density at radius 3 is 2.53 bits per heavy atom. The molecule has 2 amide bonds. The molecule has 34 heavy (non-hydrogen) atoms. The highest BCUT2D eigenvalue weighted by Gasteiger charge is 2.20. The Balaban J connectivity index is 1.59. The summed E-state index contributed by atoms with van der Waals surface area (Å²) in [7, 11) is 0. The lowest BCUT2D eigenvalue weighted by Crippen LogP contribution is -2.42. The molecule has 0 bridgehead atoms. The smallest absolute Gasteiger partial charge is 0.305 e. The summed E-state index contributed by atoms with van der Waals surface area (Å²) < 4.78 is 1.45. The molecular formula is C21H22Br2N6O5. The molecule has 0 saturated heterocycles. The lowest BCUT2D eigenvalue weighted by Gasteiger charge is -2.20. The predicted molar refractivity (Wildman–Crippen MR) is 131 cm³/mol. The zero-order valence-corrected chi connectivity index (χ0v) is 20.9. The molecule has 13 heteroatoms. The van der Waals surface area contributed by atoms with Gasteiger partial charge in [0.2, 0.25) is 5.91 Å². The van der Waals surface area contributed by atoms with E-state index in [2.05, 4.69) is 63.1 Å². The number of β-amino-alcohol motifs (C(OH)–C–C–N with tert-alkyl or cyclic N) is 1. The highest BCUT2D eigenvalue weighted by Crippen LogP contribution is 2.26. The Bertz CT molecular complexity index is 1090. The van der Waals surface area contributed by atoms with Crippen LogP contribution in [0.4, 0.5) is 5.69 Å². The molecule has 2 heterocycles. The van der Waals surface area contributed by atoms with Crippen LogP contribution in [-0.2, 0) is 9.59 Å². The van der Waals surface area contributed by atoms with Gasteiger partial charge in [-0.2, -0.15) is 0 Å². The molecule has 2 atom stereocenters. The van der Waals surface area contributed by atoms with Crippen molar-refractivity contribution in [2.75, 3.05) is 25.0 Å². The quantitative estimate of drug-likeness (QED) is 0.266. The Kier molecular flexibility index (Phi) is 8.96. The number of nitrogens with zero attached hydrogens (tertiary/aromatic N) is 2. The average molecular weight is 598 g/mol. The molecule has 1 aromatic carbocycles. The molecule has 3 rings (SSSR count). The molecule has 180 valence electrons. The van der Waals surface area contributed by atoms with Gasteiger partial charge in [-0.15, -0.1) is 0 Å². The van der Waals surface area contributed by atoms with E-state index in [1.807, 2.05) is 0 Å². The number of aliphatic hydroxyl groups excluding tert-OH is 1. The molecule has 1 aliphatic rings. The summed E-state index contributed by atoms with van der Waals surface area (Å²) in [5.74, 6) is -1.70. The van der Waals surface area contributed by atoms with Gasteiger partial charge in [-0.05, 0) is 29.8 Å². The maximum atomic E-state index is 12.5. The van der Waals surface area contributed by atoms with Gasteiger partial charge in [0.25, 0.3) is 5.91 Å². The molecule has 0 fully saturated rings. The molecule has 2 aromatic rings. The molecule has 1 aromatic heterocycles. The number of nitrogens with one attached hydrogen (secondary N) is 4. The molecule has 0 radical (unpaired) electrons. The van der Waals surface area contributed by atoms with E-state index in [9.17, 15) is 24.6 Å². The summed E-state index contributed by atoms with van der Waals surface area (Å²) in [4.78, 5) is 44.4. The number of carbonyl (C=O) groups excluding carboxylic acids is 2. The first-order chi connectivity index (χ1) is 16.2. The van der Waals surface area contributed by atoms with Crippen LogP contribution in [0.3, 0.4) is 0 Å². The second kappa shape index (κ2) is 11.9. The number of anilines is 1. The Morgan fingerprint density at radius 2 is 1.88 bits per heavy atom. The summed E-state index contributed by atoms with van der Waals surface area (Å²) in [6.45, 7) is 0.264. The number of carboxylic acids is 1. The number of hydrogen-bond donors (Lipinski definition) is 6. The minimum absolute atomic E-state index is 0.215. The number of aliphatic imine (C=N–C) groups is 1. The number of rotatable bonds is 8. The maximum Gasteiger partial charge on any atom is 0.305 e. The normalized spacial score (nSPS) is 16.0. The summed E-state index contributed by atoms with van der Waals surface area (Å²) in [5.41, 5.74) is 1.31. The Labute approximate surface area is 211 Å². The van der Waals surface area contributed by atoms with E-state index in [-0.39, 0.29) is 25.1 Å². The van der Waals surface area contributed by atoms with Crippen LogP contribution in [0.5, 0.6) is 0 Å². The SMILES string of the molecule is O=C(O)C[C@H](NC(=O)CNC(=O)c1cncc(NC2=NCC(O)CN2)c1)c1cc(Br)cc(Br)c1. The topological polar surface area (TPSA) is 165 Å². The van der Waals surface area contributed by atoms with Gasteiger partial charge in [0.05, 0.1) is 49.1 Å². The number of pyridine rings is 1.